The molecule has 40 heavy (non-hydrogen) atoms. The van der Waals surface area contributed by atoms with Crippen molar-refractivity contribution in [3.63, 3.8) is 0 Å². The molecule has 2 aromatic rings. The van der Waals surface area contributed by atoms with Crippen LogP contribution in [0.15, 0.2) is 48.2 Å². The Morgan fingerprint density at radius 3 is 2.12 bits per heavy atom. The largest absolute Gasteiger partial charge is 0.491 e. The zero-order valence-corrected chi connectivity index (χ0v) is 22.3. The van der Waals surface area contributed by atoms with Gasteiger partial charge in [-0.25, -0.2) is 4.79 Å². The molecule has 0 bridgehead atoms. The Morgan fingerprint density at radius 1 is 0.975 bits per heavy atom. The SMILES string of the molecule is CCOC(=O)C[C@H](COc1cc(C(=N)N)ccc1C=C(NC(C)=O)C(=O)OC)NC(=O)c1ccc(C(=N)N)cc1. The summed E-state index contributed by atoms with van der Waals surface area (Å²) in [5.74, 6) is -2.64. The van der Waals surface area contributed by atoms with Crippen LogP contribution >= 0.6 is 0 Å². The fraction of sp³-hybridized carbons (Fsp3) is 0.259. The summed E-state index contributed by atoms with van der Waals surface area (Å²) < 4.78 is 15.7. The van der Waals surface area contributed by atoms with Crippen LogP contribution in [0.1, 0.15) is 47.3 Å². The van der Waals surface area contributed by atoms with E-state index in [0.717, 1.165) is 7.11 Å². The Bertz CT molecular complexity index is 1320. The Balaban J connectivity index is 2.38. The van der Waals surface area contributed by atoms with Crippen molar-refractivity contribution in [2.24, 2.45) is 11.5 Å². The van der Waals surface area contributed by atoms with Gasteiger partial charge >= 0.3 is 11.9 Å². The summed E-state index contributed by atoms with van der Waals surface area (Å²) in [4.78, 5) is 48.9. The number of hydrogen-bond acceptors (Lipinski definition) is 9. The lowest BCUT2D eigenvalue weighted by Crippen LogP contribution is -2.41. The van der Waals surface area contributed by atoms with Gasteiger partial charge in [0.2, 0.25) is 5.91 Å². The van der Waals surface area contributed by atoms with Gasteiger partial charge in [0, 0.05) is 29.2 Å². The van der Waals surface area contributed by atoms with Crippen molar-refractivity contribution in [1.29, 1.82) is 10.8 Å². The van der Waals surface area contributed by atoms with Gasteiger partial charge in [-0.2, -0.15) is 0 Å². The third-order valence-corrected chi connectivity index (χ3v) is 5.29. The second-order valence-electron chi connectivity index (χ2n) is 8.38. The number of nitrogen functional groups attached to an aromatic ring is 2. The van der Waals surface area contributed by atoms with E-state index in [0.29, 0.717) is 16.7 Å². The Kier molecular flexibility index (Phi) is 11.4. The summed E-state index contributed by atoms with van der Waals surface area (Å²) in [7, 11) is 1.16. The van der Waals surface area contributed by atoms with Crippen LogP contribution in [0.5, 0.6) is 5.75 Å². The van der Waals surface area contributed by atoms with E-state index in [2.05, 4.69) is 10.6 Å². The molecule has 212 valence electrons. The molecule has 0 aliphatic heterocycles. The number of carbonyl (C=O) groups is 4. The highest BCUT2D eigenvalue weighted by Crippen LogP contribution is 2.24. The van der Waals surface area contributed by atoms with Gasteiger partial charge in [-0.1, -0.05) is 24.3 Å². The van der Waals surface area contributed by atoms with Crippen LogP contribution in [0, 0.1) is 10.8 Å². The van der Waals surface area contributed by atoms with Crippen molar-refractivity contribution in [2.45, 2.75) is 26.3 Å². The molecule has 2 aromatic carbocycles. The van der Waals surface area contributed by atoms with Gasteiger partial charge in [-0.3, -0.25) is 25.2 Å². The number of amidine groups is 2. The Hall–Kier alpha value is -5.20. The third-order valence-electron chi connectivity index (χ3n) is 5.29. The highest BCUT2D eigenvalue weighted by Gasteiger charge is 2.21. The molecule has 0 aliphatic carbocycles. The molecule has 0 heterocycles. The first kappa shape index (κ1) is 31.0. The first-order valence-electron chi connectivity index (χ1n) is 12.0. The minimum atomic E-state index is -0.854. The minimum absolute atomic E-state index is 0.141. The smallest absolute Gasteiger partial charge is 0.354 e. The average Bonchev–Trinajstić information content (AvgIpc) is 2.91. The van der Waals surface area contributed by atoms with Gasteiger partial charge < -0.3 is 36.3 Å². The second-order valence-corrected chi connectivity index (χ2v) is 8.38. The van der Waals surface area contributed by atoms with Gasteiger partial charge in [0.15, 0.2) is 0 Å². The first-order valence-corrected chi connectivity index (χ1v) is 12.0. The Morgan fingerprint density at radius 2 is 1.57 bits per heavy atom. The summed E-state index contributed by atoms with van der Waals surface area (Å²) in [6.07, 6.45) is 1.10. The van der Waals surface area contributed by atoms with Crippen LogP contribution in [0.3, 0.4) is 0 Å². The average molecular weight is 553 g/mol. The predicted molar refractivity (Wildman–Crippen MR) is 147 cm³/mol. The predicted octanol–water partition coefficient (Wildman–Crippen LogP) is 1.04. The quantitative estimate of drug-likeness (QED) is 0.0903. The fourth-order valence-electron chi connectivity index (χ4n) is 3.38. The molecule has 13 nitrogen and oxygen atoms in total. The van der Waals surface area contributed by atoms with Crippen LogP contribution in [-0.2, 0) is 23.9 Å². The molecule has 0 saturated heterocycles. The van der Waals surface area contributed by atoms with Crippen molar-refractivity contribution >= 4 is 41.5 Å². The molecule has 2 rings (SSSR count). The monoisotopic (exact) mass is 552 g/mol. The molecule has 8 N–H and O–H groups in total. The summed E-state index contributed by atoms with van der Waals surface area (Å²) in [5.41, 5.74) is 12.3. The zero-order valence-electron chi connectivity index (χ0n) is 22.3. The maximum atomic E-state index is 12.9. The molecule has 13 heteroatoms. The number of methoxy groups -OCH3 is 1. The molecule has 0 unspecified atom stereocenters. The van der Waals surface area contributed by atoms with Crippen molar-refractivity contribution in [1.82, 2.24) is 10.6 Å². The normalized spacial score (nSPS) is 11.5. The Labute approximate surface area is 230 Å². The molecule has 1 atom stereocenters. The van der Waals surface area contributed by atoms with E-state index in [9.17, 15) is 19.2 Å². The third kappa shape index (κ3) is 9.28. The number of esters is 2. The lowest BCUT2D eigenvalue weighted by atomic mass is 10.1. The molecule has 2 amide bonds. The molecule has 0 spiro atoms. The molecule has 0 saturated carbocycles. The summed E-state index contributed by atoms with van der Waals surface area (Å²) in [5, 5.41) is 20.4. The van der Waals surface area contributed by atoms with E-state index in [4.69, 9.17) is 36.5 Å². The zero-order chi connectivity index (χ0) is 29.8. The lowest BCUT2D eigenvalue weighted by Gasteiger charge is -2.20. The van der Waals surface area contributed by atoms with E-state index in [1.807, 2.05) is 0 Å². The number of ether oxygens (including phenoxy) is 3. The maximum Gasteiger partial charge on any atom is 0.354 e. The number of amides is 2. The van der Waals surface area contributed by atoms with Gasteiger partial charge in [0.05, 0.1) is 26.2 Å². The van der Waals surface area contributed by atoms with Gasteiger partial charge in [0.1, 0.15) is 29.7 Å². The number of hydrogen-bond donors (Lipinski definition) is 6. The van der Waals surface area contributed by atoms with Crippen LogP contribution in [0.2, 0.25) is 0 Å². The molecular weight excluding hydrogens is 520 g/mol. The van der Waals surface area contributed by atoms with E-state index < -0.39 is 29.8 Å². The van der Waals surface area contributed by atoms with Gasteiger partial charge in [-0.05, 0) is 31.2 Å². The first-order chi connectivity index (χ1) is 18.9. The molecule has 0 fully saturated rings. The molecule has 0 aliphatic rings. The van der Waals surface area contributed by atoms with Gasteiger partial charge in [-0.15, -0.1) is 0 Å². The number of rotatable bonds is 13. The van der Waals surface area contributed by atoms with Crippen molar-refractivity contribution in [2.75, 3.05) is 20.3 Å². The number of benzene rings is 2. The van der Waals surface area contributed by atoms with Crippen LogP contribution in [0.25, 0.3) is 6.08 Å². The molecule has 0 aromatic heterocycles. The molecule has 0 radical (unpaired) electrons. The fourth-order valence-corrected chi connectivity index (χ4v) is 3.38. The maximum absolute atomic E-state index is 12.9. The number of nitrogens with two attached hydrogens (primary N) is 2. The van der Waals surface area contributed by atoms with E-state index in [1.54, 1.807) is 6.92 Å². The summed E-state index contributed by atoms with van der Waals surface area (Å²) >= 11 is 0. The van der Waals surface area contributed by atoms with E-state index >= 15 is 0 Å². The van der Waals surface area contributed by atoms with Crippen molar-refractivity contribution in [3.8, 4) is 5.75 Å². The standard InChI is InChI=1S/C27H32N6O7/c1-4-39-23(35)13-20(33-26(36)17-7-5-16(6-8-17)24(28)29)14-40-22-12-19(25(30)31)10-9-18(22)11-21(27(37)38-3)32-15(2)34/h5-12,20H,4,13-14H2,1-3H3,(H3,28,29)(H3,30,31)(H,32,34)(H,33,36)/t20-/m1/s1. The van der Waals surface area contributed by atoms with Crippen LogP contribution < -0.4 is 26.8 Å². The second kappa shape index (κ2) is 14.7. The topological polar surface area (TPSA) is 220 Å². The van der Waals surface area contributed by atoms with Crippen LogP contribution in [-0.4, -0.2) is 61.8 Å². The van der Waals surface area contributed by atoms with Crippen molar-refractivity contribution in [3.05, 3.63) is 70.4 Å². The van der Waals surface area contributed by atoms with E-state index in [-0.39, 0.29) is 48.3 Å². The van der Waals surface area contributed by atoms with Crippen molar-refractivity contribution < 1.29 is 33.4 Å². The number of carbonyl (C=O) groups excluding carboxylic acids is 4. The summed E-state index contributed by atoms with van der Waals surface area (Å²) in [6, 6.07) is 9.65. The van der Waals surface area contributed by atoms with E-state index in [1.165, 1.54) is 55.5 Å². The highest BCUT2D eigenvalue weighted by atomic mass is 16.5. The minimum Gasteiger partial charge on any atom is -0.491 e. The highest BCUT2D eigenvalue weighted by molar-refractivity contribution is 5.99. The molecular formula is C27H32N6O7. The summed E-state index contributed by atoms with van der Waals surface area (Å²) in [6.45, 7) is 2.80. The lowest BCUT2D eigenvalue weighted by molar-refractivity contribution is -0.143. The number of nitrogens with one attached hydrogen (secondary N) is 4. The van der Waals surface area contributed by atoms with Crippen LogP contribution in [0.4, 0.5) is 0 Å². The van der Waals surface area contributed by atoms with Gasteiger partial charge in [0.25, 0.3) is 5.91 Å².